The lowest BCUT2D eigenvalue weighted by atomic mass is 10.3. The molecule has 1 atom stereocenters. The van der Waals surface area contributed by atoms with E-state index in [-0.39, 0.29) is 30.0 Å². The van der Waals surface area contributed by atoms with Gasteiger partial charge in [0.15, 0.2) is 5.96 Å². The minimum atomic E-state index is -4.14. The van der Waals surface area contributed by atoms with Gasteiger partial charge < -0.3 is 15.2 Å². The molecule has 0 amide bonds. The number of alkyl halides is 3. The SMILES string of the molecule is CCNC(=NCCCn1ccnc1)NC1CCN(CC(F)(F)F)C1.I. The van der Waals surface area contributed by atoms with Crippen LogP contribution in [0.25, 0.3) is 0 Å². The van der Waals surface area contributed by atoms with Crippen LogP contribution in [0.5, 0.6) is 0 Å². The summed E-state index contributed by atoms with van der Waals surface area (Å²) in [7, 11) is 0. The van der Waals surface area contributed by atoms with Crippen LogP contribution in [0, 0.1) is 0 Å². The Bertz CT molecular complexity index is 506. The molecule has 1 unspecified atom stereocenters. The van der Waals surface area contributed by atoms with Crippen LogP contribution in [-0.2, 0) is 6.54 Å². The average molecular weight is 474 g/mol. The Balaban J connectivity index is 0.00000312. The first-order valence-corrected chi connectivity index (χ1v) is 8.26. The maximum absolute atomic E-state index is 12.4. The second kappa shape index (κ2) is 10.8. The van der Waals surface area contributed by atoms with E-state index in [2.05, 4.69) is 20.6 Å². The first-order valence-electron chi connectivity index (χ1n) is 8.26. The largest absolute Gasteiger partial charge is 0.401 e. The molecule has 1 fully saturated rings. The summed E-state index contributed by atoms with van der Waals surface area (Å²) in [5.74, 6) is 0.669. The quantitative estimate of drug-likeness (QED) is 0.275. The monoisotopic (exact) mass is 474 g/mol. The van der Waals surface area contributed by atoms with Crippen LogP contribution in [0.1, 0.15) is 19.8 Å². The van der Waals surface area contributed by atoms with Gasteiger partial charge in [0.05, 0.1) is 12.9 Å². The number of nitrogens with zero attached hydrogens (tertiary/aromatic N) is 4. The van der Waals surface area contributed by atoms with Crippen LogP contribution in [0.3, 0.4) is 0 Å². The molecule has 0 radical (unpaired) electrons. The average Bonchev–Trinajstić information content (AvgIpc) is 3.14. The zero-order valence-corrected chi connectivity index (χ0v) is 16.6. The number of guanidine groups is 1. The van der Waals surface area contributed by atoms with E-state index in [1.165, 1.54) is 4.90 Å². The van der Waals surface area contributed by atoms with Gasteiger partial charge in [-0.15, -0.1) is 24.0 Å². The van der Waals surface area contributed by atoms with Crippen LogP contribution in [0.4, 0.5) is 13.2 Å². The Morgan fingerprint density at radius 1 is 1.40 bits per heavy atom. The first kappa shape index (κ1) is 22.0. The van der Waals surface area contributed by atoms with E-state index in [1.54, 1.807) is 12.5 Å². The summed E-state index contributed by atoms with van der Waals surface area (Å²) in [5, 5.41) is 6.38. The molecule has 2 N–H and O–H groups in total. The molecule has 2 rings (SSSR count). The lowest BCUT2D eigenvalue weighted by Crippen LogP contribution is -2.45. The van der Waals surface area contributed by atoms with E-state index in [0.29, 0.717) is 38.6 Å². The van der Waals surface area contributed by atoms with Crippen molar-refractivity contribution >= 4 is 29.9 Å². The van der Waals surface area contributed by atoms with Crippen LogP contribution in [0.15, 0.2) is 23.7 Å². The second-order valence-electron chi connectivity index (χ2n) is 5.89. The highest BCUT2D eigenvalue weighted by atomic mass is 127. The Hall–Kier alpha value is -1.04. The van der Waals surface area contributed by atoms with Crippen molar-refractivity contribution in [2.24, 2.45) is 4.99 Å². The Morgan fingerprint density at radius 2 is 2.20 bits per heavy atom. The molecule has 0 spiro atoms. The van der Waals surface area contributed by atoms with Gasteiger partial charge in [0.1, 0.15) is 0 Å². The number of hydrogen-bond donors (Lipinski definition) is 2. The molecule has 6 nitrogen and oxygen atoms in total. The Kier molecular flexibility index (Phi) is 9.54. The van der Waals surface area contributed by atoms with Gasteiger partial charge in [0.25, 0.3) is 0 Å². The van der Waals surface area contributed by atoms with E-state index in [0.717, 1.165) is 13.0 Å². The minimum absolute atomic E-state index is 0. The van der Waals surface area contributed by atoms with Gasteiger partial charge in [-0.3, -0.25) is 9.89 Å². The third-order valence-electron chi connectivity index (χ3n) is 3.76. The first-order chi connectivity index (χ1) is 11.5. The number of imidazole rings is 1. The van der Waals surface area contributed by atoms with Crippen LogP contribution < -0.4 is 10.6 Å². The van der Waals surface area contributed by atoms with E-state index in [4.69, 9.17) is 0 Å². The number of hydrogen-bond acceptors (Lipinski definition) is 3. The van der Waals surface area contributed by atoms with Gasteiger partial charge in [-0.05, 0) is 19.8 Å². The minimum Gasteiger partial charge on any atom is -0.357 e. The predicted molar refractivity (Wildman–Crippen MR) is 102 cm³/mol. The topological polar surface area (TPSA) is 57.5 Å². The summed E-state index contributed by atoms with van der Waals surface area (Å²) in [5.41, 5.74) is 0. The number of aromatic nitrogens is 2. The van der Waals surface area contributed by atoms with Gasteiger partial charge in [-0.1, -0.05) is 0 Å². The lowest BCUT2D eigenvalue weighted by Gasteiger charge is -2.19. The molecule has 10 heteroatoms. The van der Waals surface area contributed by atoms with Gasteiger partial charge >= 0.3 is 6.18 Å². The molecular formula is C15H26F3IN6. The molecule has 0 aromatic carbocycles. The van der Waals surface area contributed by atoms with E-state index < -0.39 is 12.7 Å². The fraction of sp³-hybridized carbons (Fsp3) is 0.733. The van der Waals surface area contributed by atoms with Gasteiger partial charge in [-0.25, -0.2) is 4.98 Å². The number of halogens is 4. The number of likely N-dealkylation sites (tertiary alicyclic amines) is 1. The van der Waals surface area contributed by atoms with Crippen LogP contribution in [-0.4, -0.2) is 65.4 Å². The van der Waals surface area contributed by atoms with Crippen molar-refractivity contribution in [1.29, 1.82) is 0 Å². The van der Waals surface area contributed by atoms with Gasteiger partial charge in [-0.2, -0.15) is 13.2 Å². The molecule has 25 heavy (non-hydrogen) atoms. The van der Waals surface area contributed by atoms with Crippen molar-refractivity contribution in [3.63, 3.8) is 0 Å². The van der Waals surface area contributed by atoms with E-state index in [1.807, 2.05) is 17.7 Å². The Labute approximate surface area is 163 Å². The highest BCUT2D eigenvalue weighted by Gasteiger charge is 2.34. The normalized spacial score (nSPS) is 18.9. The zero-order valence-electron chi connectivity index (χ0n) is 14.3. The molecule has 0 bridgehead atoms. The molecule has 1 aromatic heterocycles. The summed E-state index contributed by atoms with van der Waals surface area (Å²) >= 11 is 0. The molecule has 1 aromatic rings. The molecule has 1 saturated heterocycles. The number of aryl methyl sites for hydroxylation is 1. The standard InChI is InChI=1S/C15H25F3N6.HI/c1-2-20-14(21-5-3-7-23-9-6-19-12-23)22-13-4-8-24(10-13)11-15(16,17)18;/h6,9,12-13H,2-5,7-8,10-11H2,1H3,(H2,20,21,22);1H. The van der Waals surface area contributed by atoms with Crippen molar-refractivity contribution in [3.8, 4) is 0 Å². The number of rotatable bonds is 7. The maximum atomic E-state index is 12.4. The fourth-order valence-corrected chi connectivity index (χ4v) is 2.72. The molecule has 144 valence electrons. The molecule has 1 aliphatic rings. The smallest absolute Gasteiger partial charge is 0.357 e. The predicted octanol–water partition coefficient (Wildman–Crippen LogP) is 2.08. The summed E-state index contributed by atoms with van der Waals surface area (Å²) in [6.07, 6.45) is 2.83. The van der Waals surface area contributed by atoms with Crippen molar-refractivity contribution in [1.82, 2.24) is 25.1 Å². The highest BCUT2D eigenvalue weighted by Crippen LogP contribution is 2.19. The summed E-state index contributed by atoms with van der Waals surface area (Å²) in [4.78, 5) is 9.91. The van der Waals surface area contributed by atoms with Gasteiger partial charge in [0.2, 0.25) is 0 Å². The summed E-state index contributed by atoms with van der Waals surface area (Å²) < 4.78 is 39.3. The van der Waals surface area contributed by atoms with Crippen molar-refractivity contribution in [2.75, 3.05) is 32.7 Å². The lowest BCUT2D eigenvalue weighted by molar-refractivity contribution is -0.143. The third-order valence-corrected chi connectivity index (χ3v) is 3.76. The van der Waals surface area contributed by atoms with Crippen LogP contribution in [0.2, 0.25) is 0 Å². The Morgan fingerprint density at radius 3 is 2.84 bits per heavy atom. The van der Waals surface area contributed by atoms with E-state index in [9.17, 15) is 13.2 Å². The highest BCUT2D eigenvalue weighted by molar-refractivity contribution is 14.0. The molecule has 0 saturated carbocycles. The molecule has 1 aliphatic heterocycles. The summed E-state index contributed by atoms with van der Waals surface area (Å²) in [6.45, 7) is 4.16. The maximum Gasteiger partial charge on any atom is 0.401 e. The number of nitrogens with one attached hydrogen (secondary N) is 2. The van der Waals surface area contributed by atoms with Crippen molar-refractivity contribution in [3.05, 3.63) is 18.7 Å². The second-order valence-corrected chi connectivity index (χ2v) is 5.89. The zero-order chi connectivity index (χ0) is 17.4. The van der Waals surface area contributed by atoms with Crippen LogP contribution >= 0.6 is 24.0 Å². The van der Waals surface area contributed by atoms with Crippen molar-refractivity contribution < 1.29 is 13.2 Å². The summed E-state index contributed by atoms with van der Waals surface area (Å²) in [6, 6.07) is -0.00111. The van der Waals surface area contributed by atoms with Gasteiger partial charge in [0, 0.05) is 51.2 Å². The fourth-order valence-electron chi connectivity index (χ4n) is 2.72. The van der Waals surface area contributed by atoms with E-state index >= 15 is 0 Å². The molecule has 2 heterocycles. The number of aliphatic imine (C=N–C) groups is 1. The van der Waals surface area contributed by atoms with Crippen molar-refractivity contribution in [2.45, 2.75) is 38.5 Å². The molecule has 0 aliphatic carbocycles. The molecular weight excluding hydrogens is 448 g/mol. The third kappa shape index (κ3) is 8.75.